The number of carbonyl (C=O) groups is 1. The normalized spacial score (nSPS) is 19.1. The number of anilines is 1. The summed E-state index contributed by atoms with van der Waals surface area (Å²) < 4.78 is 48.8. The van der Waals surface area contributed by atoms with Gasteiger partial charge in [-0.1, -0.05) is 6.42 Å². The van der Waals surface area contributed by atoms with E-state index >= 15 is 0 Å². The molecule has 1 aromatic heterocycles. The summed E-state index contributed by atoms with van der Waals surface area (Å²) in [6.45, 7) is 0.370. The summed E-state index contributed by atoms with van der Waals surface area (Å²) in [6, 6.07) is 1.15. The van der Waals surface area contributed by atoms with Gasteiger partial charge in [-0.2, -0.15) is 18.2 Å². The molecule has 0 radical (unpaired) electrons. The summed E-state index contributed by atoms with van der Waals surface area (Å²) in [5.41, 5.74) is -0.321. The largest absolute Gasteiger partial charge is 0.475 e. The SMILES string of the molecule is CNc1nc(OCCOC)c(C(=O)CCCC2CCC(C(F)(F)F)CC2)cc1[N+](=O)[O-]. The highest BCUT2D eigenvalue weighted by Crippen LogP contribution is 2.41. The van der Waals surface area contributed by atoms with Gasteiger partial charge in [0, 0.05) is 26.6 Å². The van der Waals surface area contributed by atoms with Gasteiger partial charge in [0.05, 0.1) is 23.0 Å². The zero-order chi connectivity index (χ0) is 23.0. The van der Waals surface area contributed by atoms with Crippen molar-refractivity contribution in [3.05, 3.63) is 21.7 Å². The Kier molecular flexibility index (Phi) is 9.02. The van der Waals surface area contributed by atoms with Crippen LogP contribution >= 0.6 is 0 Å². The summed E-state index contributed by atoms with van der Waals surface area (Å²) in [7, 11) is 2.96. The first-order valence-corrected chi connectivity index (χ1v) is 10.3. The van der Waals surface area contributed by atoms with Gasteiger partial charge < -0.3 is 14.8 Å². The maximum atomic E-state index is 12.8. The summed E-state index contributed by atoms with van der Waals surface area (Å²) in [5.74, 6) is -1.45. The molecule has 1 aliphatic carbocycles. The molecule has 1 aliphatic rings. The van der Waals surface area contributed by atoms with Crippen LogP contribution < -0.4 is 10.1 Å². The second kappa shape index (κ2) is 11.3. The van der Waals surface area contributed by atoms with Crippen LogP contribution in [0.2, 0.25) is 0 Å². The summed E-state index contributed by atoms with van der Waals surface area (Å²) in [6.07, 6.45) is -1.66. The Hall–Kier alpha value is -2.43. The topological polar surface area (TPSA) is 104 Å². The molecule has 8 nitrogen and oxygen atoms in total. The number of alkyl halides is 3. The van der Waals surface area contributed by atoms with E-state index in [4.69, 9.17) is 9.47 Å². The van der Waals surface area contributed by atoms with Crippen molar-refractivity contribution < 1.29 is 32.4 Å². The average molecular weight is 447 g/mol. The minimum Gasteiger partial charge on any atom is -0.475 e. The molecule has 31 heavy (non-hydrogen) atoms. The molecule has 1 fully saturated rings. The molecule has 11 heteroatoms. The number of hydrogen-bond donors (Lipinski definition) is 1. The Morgan fingerprint density at radius 3 is 2.52 bits per heavy atom. The van der Waals surface area contributed by atoms with Crippen molar-refractivity contribution in [2.45, 2.75) is 51.1 Å². The van der Waals surface area contributed by atoms with Crippen LogP contribution in [0.15, 0.2) is 6.07 Å². The van der Waals surface area contributed by atoms with Gasteiger partial charge in [-0.3, -0.25) is 14.9 Å². The molecule has 0 spiro atoms. The number of Topliss-reactive ketones (excluding diaryl/α,β-unsaturated/α-hetero) is 1. The number of carbonyl (C=O) groups excluding carboxylic acids is 1. The summed E-state index contributed by atoms with van der Waals surface area (Å²) >= 11 is 0. The van der Waals surface area contributed by atoms with Crippen LogP contribution in [0.5, 0.6) is 5.88 Å². The van der Waals surface area contributed by atoms with Crippen molar-refractivity contribution >= 4 is 17.3 Å². The highest BCUT2D eigenvalue weighted by atomic mass is 19.4. The molecule has 0 unspecified atom stereocenters. The number of ether oxygens (including phenoxy) is 2. The van der Waals surface area contributed by atoms with Gasteiger partial charge in [-0.15, -0.1) is 0 Å². The van der Waals surface area contributed by atoms with Gasteiger partial charge in [-0.05, 0) is 38.0 Å². The standard InChI is InChI=1S/C20H28F3N3O5/c1-24-18-16(26(28)29)12-15(19(25-18)31-11-10-30-2)17(27)5-3-4-13-6-8-14(9-7-13)20(21,22)23/h12-14H,3-11H2,1-2H3,(H,24,25). The predicted octanol–water partition coefficient (Wildman–Crippen LogP) is 4.78. The number of pyridine rings is 1. The molecule has 174 valence electrons. The number of ketones is 1. The van der Waals surface area contributed by atoms with E-state index in [0.29, 0.717) is 25.7 Å². The number of hydrogen-bond acceptors (Lipinski definition) is 7. The maximum Gasteiger partial charge on any atom is 0.391 e. The molecule has 0 saturated heterocycles. The molecular weight excluding hydrogens is 419 g/mol. The Bertz CT molecular complexity index is 765. The zero-order valence-corrected chi connectivity index (χ0v) is 17.7. The lowest BCUT2D eigenvalue weighted by atomic mass is 9.79. The van der Waals surface area contributed by atoms with E-state index in [2.05, 4.69) is 10.3 Å². The van der Waals surface area contributed by atoms with Crippen LogP contribution in [0, 0.1) is 22.0 Å². The van der Waals surface area contributed by atoms with Gasteiger partial charge in [0.25, 0.3) is 0 Å². The molecule has 0 amide bonds. The number of nitrogens with one attached hydrogen (secondary N) is 1. The maximum absolute atomic E-state index is 12.8. The van der Waals surface area contributed by atoms with Gasteiger partial charge in [0.2, 0.25) is 11.7 Å². The molecular formula is C20H28F3N3O5. The summed E-state index contributed by atoms with van der Waals surface area (Å²) in [5, 5.41) is 13.9. The van der Waals surface area contributed by atoms with Crippen LogP contribution in [0.1, 0.15) is 55.3 Å². The van der Waals surface area contributed by atoms with Gasteiger partial charge in [0.15, 0.2) is 5.78 Å². The molecule has 2 rings (SSSR count). The third-order valence-corrected chi connectivity index (χ3v) is 5.55. The molecule has 0 aliphatic heterocycles. The van der Waals surface area contributed by atoms with E-state index in [9.17, 15) is 28.1 Å². The Labute approximate surface area is 178 Å². The first-order chi connectivity index (χ1) is 14.7. The first-order valence-electron chi connectivity index (χ1n) is 10.3. The van der Waals surface area contributed by atoms with Crippen molar-refractivity contribution in [1.82, 2.24) is 4.98 Å². The minimum atomic E-state index is -4.14. The van der Waals surface area contributed by atoms with E-state index in [1.807, 2.05) is 0 Å². The van der Waals surface area contributed by atoms with Crippen molar-refractivity contribution in [3.8, 4) is 5.88 Å². The number of halogens is 3. The second-order valence-corrected chi connectivity index (χ2v) is 7.63. The third-order valence-electron chi connectivity index (χ3n) is 5.55. The van der Waals surface area contributed by atoms with Crippen molar-refractivity contribution in [2.24, 2.45) is 11.8 Å². The van der Waals surface area contributed by atoms with Gasteiger partial charge in [-0.25, -0.2) is 0 Å². The summed E-state index contributed by atoms with van der Waals surface area (Å²) in [4.78, 5) is 27.5. The number of aromatic nitrogens is 1. The van der Waals surface area contributed by atoms with Crippen LogP contribution in [0.25, 0.3) is 0 Å². The quantitative estimate of drug-likeness (QED) is 0.225. The zero-order valence-electron chi connectivity index (χ0n) is 17.7. The number of rotatable bonds is 11. The Balaban J connectivity index is 2.01. The highest BCUT2D eigenvalue weighted by Gasteiger charge is 2.41. The monoisotopic (exact) mass is 447 g/mol. The van der Waals surface area contributed by atoms with E-state index in [0.717, 1.165) is 6.07 Å². The number of methoxy groups -OCH3 is 1. The molecule has 1 heterocycles. The lowest BCUT2D eigenvalue weighted by molar-refractivity contribution is -0.384. The van der Waals surface area contributed by atoms with E-state index in [1.54, 1.807) is 0 Å². The fraction of sp³-hybridized carbons (Fsp3) is 0.700. The average Bonchev–Trinajstić information content (AvgIpc) is 2.73. The fourth-order valence-electron chi connectivity index (χ4n) is 3.80. The highest BCUT2D eigenvalue weighted by molar-refractivity contribution is 5.99. The molecule has 0 aromatic carbocycles. The van der Waals surface area contributed by atoms with Crippen molar-refractivity contribution in [1.29, 1.82) is 0 Å². The van der Waals surface area contributed by atoms with Crippen LogP contribution in [-0.2, 0) is 4.74 Å². The minimum absolute atomic E-state index is 0.0114. The molecule has 1 N–H and O–H groups in total. The van der Waals surface area contributed by atoms with Crippen LogP contribution in [0.3, 0.4) is 0 Å². The number of nitro groups is 1. The molecule has 1 aromatic rings. The smallest absolute Gasteiger partial charge is 0.391 e. The van der Waals surface area contributed by atoms with Gasteiger partial charge in [0.1, 0.15) is 6.61 Å². The van der Waals surface area contributed by atoms with Crippen molar-refractivity contribution in [3.63, 3.8) is 0 Å². The van der Waals surface area contributed by atoms with E-state index in [-0.39, 0.29) is 67.1 Å². The predicted molar refractivity (Wildman–Crippen MR) is 107 cm³/mol. The van der Waals surface area contributed by atoms with E-state index in [1.165, 1.54) is 14.2 Å². The second-order valence-electron chi connectivity index (χ2n) is 7.63. The van der Waals surface area contributed by atoms with E-state index < -0.39 is 17.0 Å². The van der Waals surface area contributed by atoms with Crippen molar-refractivity contribution in [2.75, 3.05) is 32.7 Å². The molecule has 0 atom stereocenters. The van der Waals surface area contributed by atoms with Gasteiger partial charge >= 0.3 is 11.9 Å². The van der Waals surface area contributed by atoms with Crippen LogP contribution in [0.4, 0.5) is 24.7 Å². The Morgan fingerprint density at radius 1 is 1.29 bits per heavy atom. The lowest BCUT2D eigenvalue weighted by Gasteiger charge is -2.29. The fourth-order valence-corrected chi connectivity index (χ4v) is 3.80. The molecule has 0 bridgehead atoms. The number of nitrogens with zero attached hydrogens (tertiary/aromatic N) is 2. The lowest BCUT2D eigenvalue weighted by Crippen LogP contribution is -2.27. The molecule has 1 saturated carbocycles. The third kappa shape index (κ3) is 7.05. The van der Waals surface area contributed by atoms with Crippen LogP contribution in [-0.4, -0.2) is 49.2 Å². The Morgan fingerprint density at radius 2 is 1.97 bits per heavy atom. The first kappa shape index (κ1) is 24.8.